The van der Waals surface area contributed by atoms with Gasteiger partial charge >= 0.3 is 0 Å². The van der Waals surface area contributed by atoms with Gasteiger partial charge in [0.2, 0.25) is 5.88 Å². The molecule has 0 bridgehead atoms. The van der Waals surface area contributed by atoms with Crippen molar-refractivity contribution < 1.29 is 9.47 Å². The molecular formula is C16H20N2O2. The van der Waals surface area contributed by atoms with Crippen molar-refractivity contribution in [2.75, 3.05) is 19.8 Å². The molecule has 20 heavy (non-hydrogen) atoms. The van der Waals surface area contributed by atoms with Gasteiger partial charge in [-0.15, -0.1) is 0 Å². The largest absolute Gasteiger partial charge is 0.494 e. The van der Waals surface area contributed by atoms with Crippen LogP contribution in [0.1, 0.15) is 12.5 Å². The molecule has 0 spiro atoms. The Balaban J connectivity index is 1.67. The van der Waals surface area contributed by atoms with Crippen LogP contribution >= 0.6 is 0 Å². The molecule has 0 radical (unpaired) electrons. The van der Waals surface area contributed by atoms with Crippen molar-refractivity contribution in [2.45, 2.75) is 13.5 Å². The van der Waals surface area contributed by atoms with Gasteiger partial charge in [-0.05, 0) is 30.7 Å². The summed E-state index contributed by atoms with van der Waals surface area (Å²) in [6, 6.07) is 13.7. The van der Waals surface area contributed by atoms with Gasteiger partial charge in [0.1, 0.15) is 12.4 Å². The lowest BCUT2D eigenvalue weighted by Gasteiger charge is -2.08. The summed E-state index contributed by atoms with van der Waals surface area (Å²) < 4.78 is 11.0. The summed E-state index contributed by atoms with van der Waals surface area (Å²) in [7, 11) is 0. The van der Waals surface area contributed by atoms with E-state index < -0.39 is 0 Å². The van der Waals surface area contributed by atoms with Gasteiger partial charge < -0.3 is 14.8 Å². The second-order valence-electron chi connectivity index (χ2n) is 4.27. The van der Waals surface area contributed by atoms with Crippen LogP contribution in [0.25, 0.3) is 0 Å². The van der Waals surface area contributed by atoms with E-state index in [0.29, 0.717) is 19.1 Å². The van der Waals surface area contributed by atoms with E-state index in [0.717, 1.165) is 18.8 Å². The predicted octanol–water partition coefficient (Wildman–Crippen LogP) is 2.65. The van der Waals surface area contributed by atoms with Crippen molar-refractivity contribution in [3.8, 4) is 11.6 Å². The lowest BCUT2D eigenvalue weighted by molar-refractivity contribution is 0.302. The Hall–Kier alpha value is -2.07. The standard InChI is InChI=1S/C16H20N2O2/c1-2-19-15-7-5-6-14(12-15)13-17-10-11-20-16-8-3-4-9-18-16/h3-9,12,17H,2,10-11,13H2,1H3. The van der Waals surface area contributed by atoms with E-state index in [2.05, 4.69) is 22.4 Å². The second kappa shape index (κ2) is 8.17. The lowest BCUT2D eigenvalue weighted by Crippen LogP contribution is -2.20. The van der Waals surface area contributed by atoms with Gasteiger partial charge in [0.05, 0.1) is 6.61 Å². The minimum Gasteiger partial charge on any atom is -0.494 e. The van der Waals surface area contributed by atoms with Crippen LogP contribution in [0.2, 0.25) is 0 Å². The van der Waals surface area contributed by atoms with Crippen molar-refractivity contribution >= 4 is 0 Å². The first-order chi connectivity index (χ1) is 9.88. The molecule has 2 aromatic rings. The number of nitrogens with one attached hydrogen (secondary N) is 1. The van der Waals surface area contributed by atoms with Gasteiger partial charge in [-0.1, -0.05) is 18.2 Å². The average Bonchev–Trinajstić information content (AvgIpc) is 2.49. The van der Waals surface area contributed by atoms with E-state index >= 15 is 0 Å². The number of benzene rings is 1. The maximum absolute atomic E-state index is 5.51. The number of aromatic nitrogens is 1. The number of hydrogen-bond donors (Lipinski definition) is 1. The maximum Gasteiger partial charge on any atom is 0.213 e. The number of rotatable bonds is 8. The molecule has 1 heterocycles. The molecule has 106 valence electrons. The molecule has 2 rings (SSSR count). The topological polar surface area (TPSA) is 43.4 Å². The molecule has 0 aliphatic carbocycles. The molecule has 4 heteroatoms. The van der Waals surface area contributed by atoms with Crippen molar-refractivity contribution in [1.82, 2.24) is 10.3 Å². The fourth-order valence-electron chi connectivity index (χ4n) is 1.80. The highest BCUT2D eigenvalue weighted by Crippen LogP contribution is 2.12. The molecule has 0 amide bonds. The molecule has 0 saturated carbocycles. The molecule has 1 aromatic carbocycles. The number of nitrogens with zero attached hydrogens (tertiary/aromatic N) is 1. The molecule has 0 aliphatic rings. The minimum absolute atomic E-state index is 0.599. The maximum atomic E-state index is 5.51. The Labute approximate surface area is 119 Å². The summed E-state index contributed by atoms with van der Waals surface area (Å²) >= 11 is 0. The third-order valence-corrected chi connectivity index (χ3v) is 2.71. The van der Waals surface area contributed by atoms with Gasteiger partial charge in [-0.3, -0.25) is 0 Å². The third kappa shape index (κ3) is 4.90. The highest BCUT2D eigenvalue weighted by molar-refractivity contribution is 5.28. The number of ether oxygens (including phenoxy) is 2. The smallest absolute Gasteiger partial charge is 0.213 e. The van der Waals surface area contributed by atoms with Crippen molar-refractivity contribution in [3.63, 3.8) is 0 Å². The first-order valence-electron chi connectivity index (χ1n) is 6.85. The first kappa shape index (κ1) is 14.3. The van der Waals surface area contributed by atoms with Crippen molar-refractivity contribution in [1.29, 1.82) is 0 Å². The zero-order valence-corrected chi connectivity index (χ0v) is 11.7. The van der Waals surface area contributed by atoms with E-state index in [4.69, 9.17) is 9.47 Å². The predicted molar refractivity (Wildman–Crippen MR) is 79.0 cm³/mol. The summed E-state index contributed by atoms with van der Waals surface area (Å²) in [4.78, 5) is 4.10. The molecule has 0 aliphatic heterocycles. The first-order valence-corrected chi connectivity index (χ1v) is 6.85. The number of hydrogen-bond acceptors (Lipinski definition) is 4. The van der Waals surface area contributed by atoms with Gasteiger partial charge in [0, 0.05) is 25.4 Å². The van der Waals surface area contributed by atoms with Crippen LogP contribution in [-0.2, 0) is 6.54 Å². The van der Waals surface area contributed by atoms with Gasteiger partial charge in [-0.2, -0.15) is 0 Å². The Bertz CT molecular complexity index is 503. The molecule has 0 atom stereocenters. The Morgan fingerprint density at radius 1 is 1.10 bits per heavy atom. The number of pyridine rings is 1. The SMILES string of the molecule is CCOc1cccc(CNCCOc2ccccn2)c1. The minimum atomic E-state index is 0.599. The van der Waals surface area contributed by atoms with Crippen LogP contribution in [0.15, 0.2) is 48.7 Å². The fourth-order valence-corrected chi connectivity index (χ4v) is 1.80. The molecule has 0 unspecified atom stereocenters. The highest BCUT2D eigenvalue weighted by Gasteiger charge is 1.97. The Morgan fingerprint density at radius 3 is 2.85 bits per heavy atom. The van der Waals surface area contributed by atoms with Crippen LogP contribution in [0.5, 0.6) is 11.6 Å². The zero-order valence-electron chi connectivity index (χ0n) is 11.7. The van der Waals surface area contributed by atoms with Gasteiger partial charge in [-0.25, -0.2) is 4.98 Å². The van der Waals surface area contributed by atoms with E-state index in [-0.39, 0.29) is 0 Å². The summed E-state index contributed by atoms with van der Waals surface area (Å²) in [6.45, 7) is 4.85. The summed E-state index contributed by atoms with van der Waals surface area (Å²) in [5.41, 5.74) is 1.20. The normalized spacial score (nSPS) is 10.2. The Morgan fingerprint density at radius 2 is 2.05 bits per heavy atom. The van der Waals surface area contributed by atoms with Crippen LogP contribution in [-0.4, -0.2) is 24.7 Å². The third-order valence-electron chi connectivity index (χ3n) is 2.71. The van der Waals surface area contributed by atoms with Crippen LogP contribution in [0.4, 0.5) is 0 Å². The summed E-state index contributed by atoms with van der Waals surface area (Å²) in [5.74, 6) is 1.57. The summed E-state index contributed by atoms with van der Waals surface area (Å²) in [6.07, 6.45) is 1.72. The fraction of sp³-hybridized carbons (Fsp3) is 0.312. The van der Waals surface area contributed by atoms with E-state index in [1.54, 1.807) is 6.20 Å². The highest BCUT2D eigenvalue weighted by atomic mass is 16.5. The summed E-state index contributed by atoms with van der Waals surface area (Å²) in [5, 5.41) is 3.33. The Kier molecular flexibility index (Phi) is 5.86. The van der Waals surface area contributed by atoms with Crippen LogP contribution < -0.4 is 14.8 Å². The van der Waals surface area contributed by atoms with Crippen LogP contribution in [0, 0.1) is 0 Å². The molecule has 1 N–H and O–H groups in total. The average molecular weight is 272 g/mol. The van der Waals surface area contributed by atoms with E-state index in [1.165, 1.54) is 5.56 Å². The lowest BCUT2D eigenvalue weighted by atomic mass is 10.2. The van der Waals surface area contributed by atoms with Crippen molar-refractivity contribution in [3.05, 3.63) is 54.2 Å². The molecule has 0 fully saturated rings. The monoisotopic (exact) mass is 272 g/mol. The van der Waals surface area contributed by atoms with Crippen molar-refractivity contribution in [2.24, 2.45) is 0 Å². The molecular weight excluding hydrogens is 252 g/mol. The second-order valence-corrected chi connectivity index (χ2v) is 4.27. The van der Waals surface area contributed by atoms with E-state index in [9.17, 15) is 0 Å². The quantitative estimate of drug-likeness (QED) is 0.750. The molecule has 4 nitrogen and oxygen atoms in total. The van der Waals surface area contributed by atoms with E-state index in [1.807, 2.05) is 37.3 Å². The zero-order chi connectivity index (χ0) is 14.0. The van der Waals surface area contributed by atoms with Gasteiger partial charge in [0.25, 0.3) is 0 Å². The molecule has 0 saturated heterocycles. The molecule has 1 aromatic heterocycles. The van der Waals surface area contributed by atoms with Crippen LogP contribution in [0.3, 0.4) is 0 Å². The van der Waals surface area contributed by atoms with Gasteiger partial charge in [0.15, 0.2) is 0 Å².